The van der Waals surface area contributed by atoms with Crippen molar-refractivity contribution in [3.63, 3.8) is 0 Å². The number of aryl methyl sites for hydroxylation is 1. The molecule has 7 heteroatoms. The van der Waals surface area contributed by atoms with Crippen LogP contribution in [0.3, 0.4) is 0 Å². The number of aliphatic hydroxyl groups excluding tert-OH is 1. The van der Waals surface area contributed by atoms with Gasteiger partial charge in [0.2, 0.25) is 5.91 Å². The first-order valence-corrected chi connectivity index (χ1v) is 8.88. The number of amides is 1. The van der Waals surface area contributed by atoms with Crippen molar-refractivity contribution < 1.29 is 24.2 Å². The summed E-state index contributed by atoms with van der Waals surface area (Å²) >= 11 is 0. The lowest BCUT2D eigenvalue weighted by atomic mass is 10.1. The molecule has 0 radical (unpaired) electrons. The fourth-order valence-corrected chi connectivity index (χ4v) is 2.34. The molecular formula is C19H30N2O5. The summed E-state index contributed by atoms with van der Waals surface area (Å²) in [5.74, 6) is 0.485. The third-order valence-corrected chi connectivity index (χ3v) is 3.96. The minimum atomic E-state index is -0.671. The molecule has 1 amide bonds. The lowest BCUT2D eigenvalue weighted by molar-refractivity contribution is -0.140. The van der Waals surface area contributed by atoms with Gasteiger partial charge in [0, 0.05) is 39.5 Å². The first-order chi connectivity index (χ1) is 12.5. The van der Waals surface area contributed by atoms with Crippen LogP contribution in [0.4, 0.5) is 0 Å². The fraction of sp³-hybridized carbons (Fsp3) is 0.579. The van der Waals surface area contributed by atoms with Gasteiger partial charge in [-0.3, -0.25) is 9.59 Å². The smallest absolute Gasteiger partial charge is 0.305 e. The van der Waals surface area contributed by atoms with Crippen molar-refractivity contribution in [2.45, 2.75) is 32.3 Å². The van der Waals surface area contributed by atoms with Crippen LogP contribution in [0.5, 0.6) is 5.75 Å². The van der Waals surface area contributed by atoms with Crippen molar-refractivity contribution in [1.82, 2.24) is 10.2 Å². The Bertz CT molecular complexity index is 565. The van der Waals surface area contributed by atoms with E-state index in [4.69, 9.17) is 4.74 Å². The molecule has 1 aromatic rings. The van der Waals surface area contributed by atoms with Gasteiger partial charge >= 0.3 is 5.97 Å². The second-order valence-electron chi connectivity index (χ2n) is 6.02. The summed E-state index contributed by atoms with van der Waals surface area (Å²) < 4.78 is 10.3. The molecular weight excluding hydrogens is 336 g/mol. The summed E-state index contributed by atoms with van der Waals surface area (Å²) in [6.45, 7) is 3.55. The number of likely N-dealkylation sites (N-methyl/N-ethyl adjacent to an activating group) is 1. The number of carbonyl (C=O) groups is 2. The van der Waals surface area contributed by atoms with Crippen molar-refractivity contribution >= 4 is 11.9 Å². The van der Waals surface area contributed by atoms with Crippen LogP contribution in [0, 0.1) is 0 Å². The second-order valence-corrected chi connectivity index (χ2v) is 6.02. The lowest BCUT2D eigenvalue weighted by Crippen LogP contribution is -2.37. The SMILES string of the molecule is CCC(=O)N(C)CCNCC(O)COc1ccccc1CCC(=O)OC. The molecule has 26 heavy (non-hydrogen) atoms. The number of rotatable bonds is 12. The Labute approximate surface area is 155 Å². The minimum Gasteiger partial charge on any atom is -0.491 e. The molecule has 0 aliphatic heterocycles. The predicted molar refractivity (Wildman–Crippen MR) is 99.1 cm³/mol. The molecule has 0 fully saturated rings. The number of carbonyl (C=O) groups excluding carboxylic acids is 2. The zero-order valence-electron chi connectivity index (χ0n) is 15.9. The van der Waals surface area contributed by atoms with Crippen LogP contribution in [0.25, 0.3) is 0 Å². The van der Waals surface area contributed by atoms with Gasteiger partial charge in [0.15, 0.2) is 0 Å². The van der Waals surface area contributed by atoms with Gasteiger partial charge in [-0.1, -0.05) is 25.1 Å². The van der Waals surface area contributed by atoms with Crippen LogP contribution in [-0.4, -0.2) is 68.4 Å². The van der Waals surface area contributed by atoms with Crippen LogP contribution in [-0.2, 0) is 20.7 Å². The van der Waals surface area contributed by atoms with E-state index in [9.17, 15) is 14.7 Å². The number of methoxy groups -OCH3 is 1. The van der Waals surface area contributed by atoms with Crippen molar-refractivity contribution in [1.29, 1.82) is 0 Å². The average molecular weight is 366 g/mol. The topological polar surface area (TPSA) is 88.1 Å². The molecule has 2 N–H and O–H groups in total. The predicted octanol–water partition coefficient (Wildman–Crippen LogP) is 0.990. The van der Waals surface area contributed by atoms with Crippen LogP contribution in [0.1, 0.15) is 25.3 Å². The number of nitrogens with one attached hydrogen (secondary N) is 1. The molecule has 0 bridgehead atoms. The van der Waals surface area contributed by atoms with E-state index in [-0.39, 0.29) is 24.9 Å². The Morgan fingerprint density at radius 1 is 1.31 bits per heavy atom. The number of ether oxygens (including phenoxy) is 2. The molecule has 0 aliphatic carbocycles. The summed E-state index contributed by atoms with van der Waals surface area (Å²) in [6.07, 6.45) is 0.623. The monoisotopic (exact) mass is 366 g/mol. The number of hydrogen-bond acceptors (Lipinski definition) is 6. The number of esters is 1. The third-order valence-electron chi connectivity index (χ3n) is 3.96. The molecule has 146 valence electrons. The van der Waals surface area contributed by atoms with Crippen molar-refractivity contribution in [3.8, 4) is 5.75 Å². The number of benzene rings is 1. The van der Waals surface area contributed by atoms with Gasteiger partial charge in [0.25, 0.3) is 0 Å². The van der Waals surface area contributed by atoms with Gasteiger partial charge in [0.1, 0.15) is 18.5 Å². The lowest BCUT2D eigenvalue weighted by Gasteiger charge is -2.18. The number of aliphatic hydroxyl groups is 1. The molecule has 0 aliphatic rings. The van der Waals surface area contributed by atoms with E-state index in [1.165, 1.54) is 7.11 Å². The summed E-state index contributed by atoms with van der Waals surface area (Å²) in [7, 11) is 3.13. The summed E-state index contributed by atoms with van der Waals surface area (Å²) in [6, 6.07) is 7.44. The molecule has 0 saturated heterocycles. The maximum atomic E-state index is 11.4. The molecule has 1 unspecified atom stereocenters. The molecule has 1 aromatic carbocycles. The molecule has 0 saturated carbocycles. The average Bonchev–Trinajstić information content (AvgIpc) is 2.67. The Balaban J connectivity index is 2.33. The molecule has 0 heterocycles. The Kier molecular flexibility index (Phi) is 10.3. The molecule has 0 spiro atoms. The largest absolute Gasteiger partial charge is 0.491 e. The van der Waals surface area contributed by atoms with Gasteiger partial charge < -0.3 is 24.8 Å². The molecule has 7 nitrogen and oxygen atoms in total. The summed E-state index contributed by atoms with van der Waals surface area (Å²) in [5, 5.41) is 13.1. The zero-order valence-corrected chi connectivity index (χ0v) is 15.9. The number of para-hydroxylation sites is 1. The third kappa shape index (κ3) is 8.31. The van der Waals surface area contributed by atoms with E-state index in [0.29, 0.717) is 38.2 Å². The minimum absolute atomic E-state index is 0.0965. The Morgan fingerprint density at radius 3 is 2.73 bits per heavy atom. The Hall–Kier alpha value is -2.12. The quantitative estimate of drug-likeness (QED) is 0.424. The van der Waals surface area contributed by atoms with Crippen LogP contribution >= 0.6 is 0 Å². The summed E-state index contributed by atoms with van der Waals surface area (Å²) in [4.78, 5) is 24.4. The standard InChI is InChI=1S/C19H30N2O5/c1-4-18(23)21(2)12-11-20-13-16(22)14-26-17-8-6-5-7-15(17)9-10-19(24)25-3/h5-8,16,20,22H,4,9-14H2,1-3H3. The van der Waals surface area contributed by atoms with Gasteiger partial charge in [-0.25, -0.2) is 0 Å². The highest BCUT2D eigenvalue weighted by Gasteiger charge is 2.10. The van der Waals surface area contributed by atoms with E-state index in [1.807, 2.05) is 31.2 Å². The first kappa shape index (κ1) is 21.9. The normalized spacial score (nSPS) is 11.7. The maximum Gasteiger partial charge on any atom is 0.305 e. The van der Waals surface area contributed by atoms with E-state index in [1.54, 1.807) is 11.9 Å². The van der Waals surface area contributed by atoms with Crippen LogP contribution < -0.4 is 10.1 Å². The van der Waals surface area contributed by atoms with Crippen LogP contribution in [0.2, 0.25) is 0 Å². The number of nitrogens with zero attached hydrogens (tertiary/aromatic N) is 1. The van der Waals surface area contributed by atoms with E-state index < -0.39 is 6.10 Å². The fourth-order valence-electron chi connectivity index (χ4n) is 2.34. The highest BCUT2D eigenvalue weighted by Crippen LogP contribution is 2.20. The van der Waals surface area contributed by atoms with E-state index >= 15 is 0 Å². The Morgan fingerprint density at radius 2 is 2.04 bits per heavy atom. The molecule has 0 aromatic heterocycles. The van der Waals surface area contributed by atoms with E-state index in [0.717, 1.165) is 5.56 Å². The van der Waals surface area contributed by atoms with Gasteiger partial charge in [-0.2, -0.15) is 0 Å². The number of hydrogen-bond donors (Lipinski definition) is 2. The zero-order chi connectivity index (χ0) is 19.4. The van der Waals surface area contributed by atoms with Gasteiger partial charge in [-0.15, -0.1) is 0 Å². The highest BCUT2D eigenvalue weighted by atomic mass is 16.5. The first-order valence-electron chi connectivity index (χ1n) is 8.88. The summed E-state index contributed by atoms with van der Waals surface area (Å²) in [5.41, 5.74) is 0.901. The van der Waals surface area contributed by atoms with Crippen molar-refractivity contribution in [2.24, 2.45) is 0 Å². The van der Waals surface area contributed by atoms with Gasteiger partial charge in [0.05, 0.1) is 7.11 Å². The molecule has 1 rings (SSSR count). The van der Waals surface area contributed by atoms with E-state index in [2.05, 4.69) is 10.1 Å². The van der Waals surface area contributed by atoms with Crippen molar-refractivity contribution in [2.75, 3.05) is 40.4 Å². The molecule has 1 atom stereocenters. The highest BCUT2D eigenvalue weighted by molar-refractivity contribution is 5.75. The van der Waals surface area contributed by atoms with Crippen molar-refractivity contribution in [3.05, 3.63) is 29.8 Å². The van der Waals surface area contributed by atoms with Crippen LogP contribution in [0.15, 0.2) is 24.3 Å². The second kappa shape index (κ2) is 12.3. The van der Waals surface area contributed by atoms with Gasteiger partial charge in [-0.05, 0) is 18.1 Å². The maximum absolute atomic E-state index is 11.4.